The Hall–Kier alpha value is -1.72. The molecule has 0 amide bonds. The van der Waals surface area contributed by atoms with Crippen LogP contribution in [0.5, 0.6) is 0 Å². The van der Waals surface area contributed by atoms with E-state index in [-0.39, 0.29) is 13.2 Å². The zero-order chi connectivity index (χ0) is 14.8. The van der Waals surface area contributed by atoms with E-state index in [2.05, 4.69) is 4.89 Å². The third-order valence-electron chi connectivity index (χ3n) is 2.98. The molecule has 0 aromatic heterocycles. The lowest BCUT2D eigenvalue weighted by Crippen LogP contribution is -2.24. The Labute approximate surface area is 124 Å². The molecule has 2 aromatic carbocycles. The van der Waals surface area contributed by atoms with Crippen molar-refractivity contribution >= 4 is 0 Å². The predicted molar refractivity (Wildman–Crippen MR) is 79.7 cm³/mol. The molecule has 4 heteroatoms. The molecule has 2 aromatic rings. The number of rotatable bonds is 9. The minimum absolute atomic E-state index is 0.278. The third-order valence-corrected chi connectivity index (χ3v) is 2.98. The summed E-state index contributed by atoms with van der Waals surface area (Å²) in [5, 5.41) is 8.86. The number of benzene rings is 2. The highest BCUT2D eigenvalue weighted by molar-refractivity contribution is 5.14. The summed E-state index contributed by atoms with van der Waals surface area (Å²) in [7, 11) is 0. The van der Waals surface area contributed by atoms with E-state index in [9.17, 15) is 0 Å². The van der Waals surface area contributed by atoms with E-state index in [1.807, 2.05) is 60.7 Å². The lowest BCUT2D eigenvalue weighted by atomic mass is 10.2. The fraction of sp³-hybridized carbons (Fsp3) is 0.294. The maximum absolute atomic E-state index is 8.86. The SMILES string of the molecule is OOC(COCc1ccccc1)COCc1ccccc1. The van der Waals surface area contributed by atoms with E-state index in [1.54, 1.807) is 0 Å². The van der Waals surface area contributed by atoms with Gasteiger partial charge in [-0.25, -0.2) is 4.89 Å². The summed E-state index contributed by atoms with van der Waals surface area (Å²) >= 11 is 0. The summed E-state index contributed by atoms with van der Waals surface area (Å²) in [5.41, 5.74) is 2.17. The van der Waals surface area contributed by atoms with Crippen molar-refractivity contribution in [3.8, 4) is 0 Å². The fourth-order valence-corrected chi connectivity index (χ4v) is 1.87. The standard InChI is InChI=1S/C17H20O4/c18-21-17(13-19-11-15-7-3-1-4-8-15)14-20-12-16-9-5-2-6-10-16/h1-10,17-18H,11-14H2. The van der Waals surface area contributed by atoms with Crippen LogP contribution in [0, 0.1) is 0 Å². The zero-order valence-corrected chi connectivity index (χ0v) is 11.9. The molecule has 0 saturated carbocycles. The van der Waals surface area contributed by atoms with Crippen molar-refractivity contribution in [2.24, 2.45) is 0 Å². The van der Waals surface area contributed by atoms with Crippen LogP contribution in [0.15, 0.2) is 60.7 Å². The molecule has 0 aliphatic heterocycles. The van der Waals surface area contributed by atoms with Gasteiger partial charge in [-0.3, -0.25) is 5.26 Å². The summed E-state index contributed by atoms with van der Waals surface area (Å²) < 4.78 is 11.0. The monoisotopic (exact) mass is 288 g/mol. The van der Waals surface area contributed by atoms with Crippen LogP contribution in [0.2, 0.25) is 0 Å². The molecule has 0 unspecified atom stereocenters. The fourth-order valence-electron chi connectivity index (χ4n) is 1.87. The Morgan fingerprint density at radius 3 is 1.52 bits per heavy atom. The predicted octanol–water partition coefficient (Wildman–Crippen LogP) is 3.28. The largest absolute Gasteiger partial charge is 0.374 e. The lowest BCUT2D eigenvalue weighted by molar-refractivity contribution is -0.296. The molecule has 0 atom stereocenters. The summed E-state index contributed by atoms with van der Waals surface area (Å²) in [6, 6.07) is 19.7. The first-order valence-corrected chi connectivity index (χ1v) is 6.92. The van der Waals surface area contributed by atoms with Crippen LogP contribution < -0.4 is 0 Å². The zero-order valence-electron chi connectivity index (χ0n) is 11.9. The van der Waals surface area contributed by atoms with Crippen molar-refractivity contribution in [2.75, 3.05) is 13.2 Å². The molecule has 1 N–H and O–H groups in total. The number of hydrogen-bond donors (Lipinski definition) is 1. The average molecular weight is 288 g/mol. The van der Waals surface area contributed by atoms with Crippen molar-refractivity contribution in [1.29, 1.82) is 0 Å². The maximum Gasteiger partial charge on any atom is 0.139 e. The van der Waals surface area contributed by atoms with Gasteiger partial charge < -0.3 is 9.47 Å². The molecule has 0 fully saturated rings. The smallest absolute Gasteiger partial charge is 0.139 e. The minimum Gasteiger partial charge on any atom is -0.374 e. The van der Waals surface area contributed by atoms with Gasteiger partial charge in [-0.05, 0) is 11.1 Å². The molecular formula is C17H20O4. The van der Waals surface area contributed by atoms with E-state index in [0.29, 0.717) is 13.2 Å². The first-order chi connectivity index (χ1) is 10.4. The summed E-state index contributed by atoms with van der Waals surface area (Å²) in [5.74, 6) is 0. The van der Waals surface area contributed by atoms with Crippen molar-refractivity contribution < 1.29 is 19.6 Å². The summed E-state index contributed by atoms with van der Waals surface area (Å²) in [6.45, 7) is 1.53. The van der Waals surface area contributed by atoms with Crippen molar-refractivity contribution in [3.63, 3.8) is 0 Å². The van der Waals surface area contributed by atoms with Gasteiger partial charge in [0.05, 0.1) is 26.4 Å². The van der Waals surface area contributed by atoms with Crippen LogP contribution in [0.4, 0.5) is 0 Å². The highest BCUT2D eigenvalue weighted by atomic mass is 17.1. The normalized spacial score (nSPS) is 11.0. The molecule has 0 spiro atoms. The first-order valence-electron chi connectivity index (χ1n) is 6.92. The Morgan fingerprint density at radius 1 is 0.714 bits per heavy atom. The third kappa shape index (κ3) is 6.06. The second-order valence-electron chi connectivity index (χ2n) is 4.73. The van der Waals surface area contributed by atoms with Crippen LogP contribution in [-0.2, 0) is 27.6 Å². The Kier molecular flexibility index (Phi) is 6.91. The van der Waals surface area contributed by atoms with E-state index < -0.39 is 6.10 Å². The van der Waals surface area contributed by atoms with Crippen LogP contribution in [0.3, 0.4) is 0 Å². The molecule has 21 heavy (non-hydrogen) atoms. The van der Waals surface area contributed by atoms with Crippen LogP contribution in [0.25, 0.3) is 0 Å². The molecule has 112 valence electrons. The minimum atomic E-state index is -0.488. The summed E-state index contributed by atoms with van der Waals surface area (Å²) in [4.78, 5) is 4.38. The van der Waals surface area contributed by atoms with Gasteiger partial charge in [0.15, 0.2) is 0 Å². The van der Waals surface area contributed by atoms with Gasteiger partial charge in [0.1, 0.15) is 6.10 Å². The van der Waals surface area contributed by atoms with E-state index in [1.165, 1.54) is 0 Å². The molecule has 0 aliphatic rings. The van der Waals surface area contributed by atoms with Crippen molar-refractivity contribution in [2.45, 2.75) is 19.3 Å². The molecule has 0 saturated heterocycles. The van der Waals surface area contributed by atoms with Gasteiger partial charge in [-0.15, -0.1) is 0 Å². The number of ether oxygens (including phenoxy) is 2. The van der Waals surface area contributed by atoms with Gasteiger partial charge in [-0.2, -0.15) is 0 Å². The van der Waals surface area contributed by atoms with Gasteiger partial charge in [0.25, 0.3) is 0 Å². The topological polar surface area (TPSA) is 47.9 Å². The second-order valence-corrected chi connectivity index (χ2v) is 4.73. The molecule has 2 rings (SSSR count). The van der Waals surface area contributed by atoms with E-state index in [4.69, 9.17) is 14.7 Å². The van der Waals surface area contributed by atoms with Gasteiger partial charge in [-0.1, -0.05) is 60.7 Å². The molecule has 4 nitrogen and oxygen atoms in total. The lowest BCUT2D eigenvalue weighted by Gasteiger charge is -2.14. The molecular weight excluding hydrogens is 268 g/mol. The highest BCUT2D eigenvalue weighted by Gasteiger charge is 2.10. The van der Waals surface area contributed by atoms with Crippen LogP contribution in [-0.4, -0.2) is 24.6 Å². The van der Waals surface area contributed by atoms with Gasteiger partial charge >= 0.3 is 0 Å². The molecule has 0 radical (unpaired) electrons. The first kappa shape index (κ1) is 15.7. The van der Waals surface area contributed by atoms with Crippen molar-refractivity contribution in [3.05, 3.63) is 71.8 Å². The van der Waals surface area contributed by atoms with E-state index >= 15 is 0 Å². The van der Waals surface area contributed by atoms with Crippen LogP contribution >= 0.6 is 0 Å². The van der Waals surface area contributed by atoms with Crippen LogP contribution in [0.1, 0.15) is 11.1 Å². The Bertz CT molecular complexity index is 441. The molecule has 0 bridgehead atoms. The Balaban J connectivity index is 1.64. The average Bonchev–Trinajstić information content (AvgIpc) is 2.55. The van der Waals surface area contributed by atoms with Gasteiger partial charge in [0, 0.05) is 0 Å². The quantitative estimate of drug-likeness (QED) is 0.568. The van der Waals surface area contributed by atoms with Crippen molar-refractivity contribution in [1.82, 2.24) is 0 Å². The maximum atomic E-state index is 8.86. The summed E-state index contributed by atoms with van der Waals surface area (Å²) in [6.07, 6.45) is -0.488. The Morgan fingerprint density at radius 2 is 1.14 bits per heavy atom. The van der Waals surface area contributed by atoms with Gasteiger partial charge in [0.2, 0.25) is 0 Å². The number of hydrogen-bond acceptors (Lipinski definition) is 4. The highest BCUT2D eigenvalue weighted by Crippen LogP contribution is 2.04. The second kappa shape index (κ2) is 9.26. The molecule has 0 heterocycles. The molecule has 0 aliphatic carbocycles. The van der Waals surface area contributed by atoms with E-state index in [0.717, 1.165) is 11.1 Å².